The zero-order valence-electron chi connectivity index (χ0n) is 18.6. The van der Waals surface area contributed by atoms with Crippen molar-refractivity contribution in [1.82, 2.24) is 10.5 Å². The van der Waals surface area contributed by atoms with Crippen molar-refractivity contribution < 1.29 is 14.1 Å². The zero-order valence-corrected chi connectivity index (χ0v) is 18.6. The van der Waals surface area contributed by atoms with Crippen molar-refractivity contribution in [3.8, 4) is 11.3 Å². The molecule has 2 aromatic carbocycles. The van der Waals surface area contributed by atoms with E-state index in [9.17, 15) is 9.59 Å². The monoisotopic (exact) mass is 432 g/mol. The normalized spacial score (nSPS) is 13.1. The lowest BCUT2D eigenvalue weighted by atomic mass is 9.95. The smallest absolute Gasteiger partial charge is 0.251 e. The van der Waals surface area contributed by atoms with Crippen molar-refractivity contribution in [2.75, 3.05) is 23.3 Å². The molecule has 2 heterocycles. The summed E-state index contributed by atoms with van der Waals surface area (Å²) in [7, 11) is 0. The number of carbonyl (C=O) groups is 2. The first kappa shape index (κ1) is 21.6. The fourth-order valence-electron chi connectivity index (χ4n) is 3.96. The molecular formula is C25H28N4O3. The Bertz CT molecular complexity index is 1120. The second-order valence-corrected chi connectivity index (χ2v) is 8.45. The number of anilines is 2. The van der Waals surface area contributed by atoms with Crippen LogP contribution in [0.15, 0.2) is 53.1 Å². The van der Waals surface area contributed by atoms with Gasteiger partial charge in [-0.15, -0.1) is 0 Å². The van der Waals surface area contributed by atoms with Crippen molar-refractivity contribution in [2.45, 2.75) is 39.7 Å². The minimum atomic E-state index is -0.193. The second-order valence-electron chi connectivity index (χ2n) is 8.45. The predicted molar refractivity (Wildman–Crippen MR) is 125 cm³/mol. The van der Waals surface area contributed by atoms with Gasteiger partial charge in [-0.25, -0.2) is 0 Å². The molecule has 1 aliphatic rings. The molecular weight excluding hydrogens is 404 g/mol. The third-order valence-electron chi connectivity index (χ3n) is 5.47. The first-order valence-electron chi connectivity index (χ1n) is 10.9. The van der Waals surface area contributed by atoms with Gasteiger partial charge >= 0.3 is 0 Å². The van der Waals surface area contributed by atoms with E-state index in [0.29, 0.717) is 17.1 Å². The van der Waals surface area contributed by atoms with E-state index >= 15 is 0 Å². The highest BCUT2D eigenvalue weighted by atomic mass is 16.5. The Morgan fingerprint density at radius 2 is 1.94 bits per heavy atom. The summed E-state index contributed by atoms with van der Waals surface area (Å²) in [5, 5.41) is 9.81. The molecule has 0 atom stereocenters. The van der Waals surface area contributed by atoms with Gasteiger partial charge in [0, 0.05) is 35.5 Å². The number of hydrogen-bond donors (Lipinski definition) is 2. The molecule has 0 unspecified atom stereocenters. The van der Waals surface area contributed by atoms with Gasteiger partial charge in [-0.1, -0.05) is 41.1 Å². The first-order chi connectivity index (χ1) is 15.4. The van der Waals surface area contributed by atoms with Crippen molar-refractivity contribution in [3.63, 3.8) is 0 Å². The number of nitrogens with zero attached hydrogens (tertiary/aromatic N) is 2. The molecule has 0 saturated heterocycles. The predicted octanol–water partition coefficient (Wildman–Crippen LogP) is 4.18. The maximum atomic E-state index is 12.7. The number of aromatic nitrogens is 1. The SMILES string of the molecule is Cc1ccc(-c2cc(NC(=O)CN3CCCc4c(C(=O)NC(C)C)cccc43)on2)cc1. The summed E-state index contributed by atoms with van der Waals surface area (Å²) in [6, 6.07) is 15.4. The summed E-state index contributed by atoms with van der Waals surface area (Å²) in [6.07, 6.45) is 1.70. The van der Waals surface area contributed by atoms with E-state index in [2.05, 4.69) is 15.8 Å². The lowest BCUT2D eigenvalue weighted by molar-refractivity contribution is -0.115. The summed E-state index contributed by atoms with van der Waals surface area (Å²) in [6.45, 7) is 6.83. The van der Waals surface area contributed by atoms with Crippen LogP contribution in [0.3, 0.4) is 0 Å². The van der Waals surface area contributed by atoms with Crippen LogP contribution in [-0.4, -0.2) is 36.1 Å². The summed E-state index contributed by atoms with van der Waals surface area (Å²) in [5.41, 5.74) is 5.37. The minimum Gasteiger partial charge on any atom is -0.362 e. The topological polar surface area (TPSA) is 87.5 Å². The van der Waals surface area contributed by atoms with E-state index in [1.807, 2.05) is 68.1 Å². The highest BCUT2D eigenvalue weighted by Gasteiger charge is 2.24. The van der Waals surface area contributed by atoms with Crippen LogP contribution in [0.4, 0.5) is 11.6 Å². The van der Waals surface area contributed by atoms with Crippen molar-refractivity contribution in [2.24, 2.45) is 0 Å². The Morgan fingerprint density at radius 1 is 1.16 bits per heavy atom. The second kappa shape index (κ2) is 9.26. The molecule has 0 fully saturated rings. The maximum Gasteiger partial charge on any atom is 0.251 e. The van der Waals surface area contributed by atoms with Crippen LogP contribution >= 0.6 is 0 Å². The van der Waals surface area contributed by atoms with E-state index in [4.69, 9.17) is 4.52 Å². The van der Waals surface area contributed by atoms with Gasteiger partial charge in [0.05, 0.1) is 6.54 Å². The molecule has 0 spiro atoms. The van der Waals surface area contributed by atoms with E-state index < -0.39 is 0 Å². The number of hydrogen-bond acceptors (Lipinski definition) is 5. The summed E-state index contributed by atoms with van der Waals surface area (Å²) in [4.78, 5) is 27.3. The van der Waals surface area contributed by atoms with Crippen LogP contribution in [0.1, 0.15) is 41.8 Å². The van der Waals surface area contributed by atoms with Crippen molar-refractivity contribution in [1.29, 1.82) is 0 Å². The zero-order chi connectivity index (χ0) is 22.7. The number of rotatable bonds is 6. The molecule has 32 heavy (non-hydrogen) atoms. The van der Waals surface area contributed by atoms with Crippen LogP contribution in [0, 0.1) is 6.92 Å². The average Bonchev–Trinajstić information content (AvgIpc) is 3.22. The van der Waals surface area contributed by atoms with Crippen LogP contribution in [0.2, 0.25) is 0 Å². The Balaban J connectivity index is 1.45. The van der Waals surface area contributed by atoms with Gasteiger partial charge < -0.3 is 14.7 Å². The number of nitrogens with one attached hydrogen (secondary N) is 2. The molecule has 0 radical (unpaired) electrons. The number of amides is 2. The quantitative estimate of drug-likeness (QED) is 0.610. The summed E-state index contributed by atoms with van der Waals surface area (Å²) >= 11 is 0. The molecule has 0 bridgehead atoms. The van der Waals surface area contributed by atoms with Gasteiger partial charge in [0.1, 0.15) is 5.69 Å². The van der Waals surface area contributed by atoms with Gasteiger partial charge in [0.2, 0.25) is 11.8 Å². The van der Waals surface area contributed by atoms with Crippen molar-refractivity contribution >= 4 is 23.4 Å². The van der Waals surface area contributed by atoms with Crippen molar-refractivity contribution in [3.05, 3.63) is 65.2 Å². The fraction of sp³-hybridized carbons (Fsp3) is 0.320. The highest BCUT2D eigenvalue weighted by Crippen LogP contribution is 2.30. The Labute approximate surface area is 187 Å². The highest BCUT2D eigenvalue weighted by molar-refractivity contribution is 5.98. The Morgan fingerprint density at radius 3 is 2.69 bits per heavy atom. The molecule has 7 nitrogen and oxygen atoms in total. The molecule has 4 rings (SSSR count). The molecule has 3 aromatic rings. The van der Waals surface area contributed by atoms with Gasteiger partial charge in [0.25, 0.3) is 5.91 Å². The van der Waals surface area contributed by atoms with Gasteiger partial charge in [0.15, 0.2) is 0 Å². The minimum absolute atomic E-state index is 0.0653. The lowest BCUT2D eigenvalue weighted by Gasteiger charge is -2.31. The number of aryl methyl sites for hydroxylation is 1. The summed E-state index contributed by atoms with van der Waals surface area (Å²) in [5.74, 6) is 0.0443. The lowest BCUT2D eigenvalue weighted by Crippen LogP contribution is -2.38. The fourth-order valence-corrected chi connectivity index (χ4v) is 3.96. The van der Waals surface area contributed by atoms with E-state index in [0.717, 1.165) is 41.8 Å². The van der Waals surface area contributed by atoms with Gasteiger partial charge in [-0.05, 0) is 51.3 Å². The van der Waals surface area contributed by atoms with E-state index in [-0.39, 0.29) is 24.4 Å². The first-order valence-corrected chi connectivity index (χ1v) is 10.9. The summed E-state index contributed by atoms with van der Waals surface area (Å²) < 4.78 is 5.31. The molecule has 0 aliphatic carbocycles. The van der Waals surface area contributed by atoms with Crippen LogP contribution in [0.25, 0.3) is 11.3 Å². The third-order valence-corrected chi connectivity index (χ3v) is 5.47. The van der Waals surface area contributed by atoms with Crippen LogP contribution in [0.5, 0.6) is 0 Å². The van der Waals surface area contributed by atoms with Gasteiger partial charge in [-0.3, -0.25) is 14.9 Å². The maximum absolute atomic E-state index is 12.7. The molecule has 7 heteroatoms. The van der Waals surface area contributed by atoms with E-state index in [1.165, 1.54) is 0 Å². The Hall–Kier alpha value is -3.61. The Kier molecular flexibility index (Phi) is 6.25. The number of benzene rings is 2. The molecule has 1 aliphatic heterocycles. The van der Waals surface area contributed by atoms with E-state index in [1.54, 1.807) is 6.07 Å². The molecule has 0 saturated carbocycles. The number of fused-ring (bicyclic) bond motifs is 1. The third kappa shape index (κ3) is 4.82. The van der Waals surface area contributed by atoms with Crippen LogP contribution < -0.4 is 15.5 Å². The molecule has 1 aromatic heterocycles. The average molecular weight is 433 g/mol. The van der Waals surface area contributed by atoms with Crippen LogP contribution in [-0.2, 0) is 11.2 Å². The standard InChI is InChI=1S/C25H28N4O3/c1-16(2)26-25(31)20-6-4-8-22-19(20)7-5-13-29(22)15-23(30)27-24-14-21(28-32-24)18-11-9-17(3)10-12-18/h4,6,8-12,14,16H,5,7,13,15H2,1-3H3,(H,26,31)(H,27,30). The largest absolute Gasteiger partial charge is 0.362 e. The molecule has 2 amide bonds. The van der Waals surface area contributed by atoms with Gasteiger partial charge in [-0.2, -0.15) is 0 Å². The molecule has 2 N–H and O–H groups in total. The molecule has 166 valence electrons. The number of carbonyl (C=O) groups excluding carboxylic acids is 2.